The van der Waals surface area contributed by atoms with E-state index in [-0.39, 0.29) is 5.91 Å². The predicted molar refractivity (Wildman–Crippen MR) is 81.9 cm³/mol. The van der Waals surface area contributed by atoms with Crippen LogP contribution in [-0.2, 0) is 4.79 Å². The molecule has 1 amide bonds. The molecule has 2 aromatic rings. The minimum Gasteiger partial charge on any atom is -0.354 e. The number of amides is 1. The fourth-order valence-electron chi connectivity index (χ4n) is 1.84. The Hall–Kier alpha value is -2.50. The van der Waals surface area contributed by atoms with Crippen molar-refractivity contribution >= 4 is 17.5 Å². The van der Waals surface area contributed by atoms with Gasteiger partial charge in [-0.3, -0.25) is 9.78 Å². The molecular weight excluding hydrogens is 266 g/mol. The standard InChI is InChI=1S/C15H19N5O/c21-14(20-13-6-11-16-12-7-13)5-2-1-3-8-17-15-18-9-4-10-19-15/h4,6-7,9-12H,1-3,5,8H2,(H,16,20,21)(H,17,18,19). The third kappa shape index (κ3) is 5.99. The average molecular weight is 285 g/mol. The van der Waals surface area contributed by atoms with Crippen LogP contribution in [0.15, 0.2) is 43.0 Å². The van der Waals surface area contributed by atoms with Crippen molar-refractivity contribution in [2.24, 2.45) is 0 Å². The van der Waals surface area contributed by atoms with Crippen molar-refractivity contribution in [3.05, 3.63) is 43.0 Å². The van der Waals surface area contributed by atoms with Crippen LogP contribution in [0.4, 0.5) is 11.6 Å². The maximum atomic E-state index is 11.7. The molecule has 0 bridgehead atoms. The largest absolute Gasteiger partial charge is 0.354 e. The molecule has 2 N–H and O–H groups in total. The van der Waals surface area contributed by atoms with Crippen LogP contribution in [0.25, 0.3) is 0 Å². The number of pyridine rings is 1. The van der Waals surface area contributed by atoms with Gasteiger partial charge in [-0.2, -0.15) is 0 Å². The van der Waals surface area contributed by atoms with Crippen molar-refractivity contribution in [2.45, 2.75) is 25.7 Å². The topological polar surface area (TPSA) is 79.8 Å². The van der Waals surface area contributed by atoms with Gasteiger partial charge in [0.2, 0.25) is 11.9 Å². The van der Waals surface area contributed by atoms with Gasteiger partial charge in [-0.25, -0.2) is 9.97 Å². The zero-order valence-corrected chi connectivity index (χ0v) is 11.8. The lowest BCUT2D eigenvalue weighted by molar-refractivity contribution is -0.116. The summed E-state index contributed by atoms with van der Waals surface area (Å²) in [7, 11) is 0. The number of aromatic nitrogens is 3. The molecule has 6 heteroatoms. The summed E-state index contributed by atoms with van der Waals surface area (Å²) < 4.78 is 0. The number of nitrogens with zero attached hydrogens (tertiary/aromatic N) is 3. The molecule has 2 rings (SSSR count). The summed E-state index contributed by atoms with van der Waals surface area (Å²) in [6.45, 7) is 0.815. The second-order valence-electron chi connectivity index (χ2n) is 4.59. The van der Waals surface area contributed by atoms with Crippen LogP contribution in [-0.4, -0.2) is 27.4 Å². The lowest BCUT2D eigenvalue weighted by atomic mass is 10.2. The highest BCUT2D eigenvalue weighted by Crippen LogP contribution is 2.06. The number of nitrogens with one attached hydrogen (secondary N) is 2. The van der Waals surface area contributed by atoms with E-state index in [0.717, 1.165) is 31.5 Å². The first-order chi connectivity index (χ1) is 10.3. The quantitative estimate of drug-likeness (QED) is 0.728. The zero-order valence-electron chi connectivity index (χ0n) is 11.8. The first kappa shape index (κ1) is 14.9. The van der Waals surface area contributed by atoms with E-state index in [2.05, 4.69) is 25.6 Å². The fourth-order valence-corrected chi connectivity index (χ4v) is 1.84. The highest BCUT2D eigenvalue weighted by Gasteiger charge is 2.01. The monoisotopic (exact) mass is 285 g/mol. The molecule has 2 aromatic heterocycles. The van der Waals surface area contributed by atoms with Gasteiger partial charge in [0.25, 0.3) is 0 Å². The Morgan fingerprint density at radius 3 is 2.52 bits per heavy atom. The molecule has 0 atom stereocenters. The Morgan fingerprint density at radius 1 is 1.00 bits per heavy atom. The molecular formula is C15H19N5O. The van der Waals surface area contributed by atoms with E-state index in [1.54, 1.807) is 43.0 Å². The summed E-state index contributed by atoms with van der Waals surface area (Å²) in [5.74, 6) is 0.688. The van der Waals surface area contributed by atoms with E-state index in [0.29, 0.717) is 12.4 Å². The summed E-state index contributed by atoms with van der Waals surface area (Å²) in [6.07, 6.45) is 10.1. The molecule has 0 saturated carbocycles. The Kier molecular flexibility index (Phi) is 6.12. The molecule has 0 aliphatic rings. The smallest absolute Gasteiger partial charge is 0.224 e. The zero-order chi connectivity index (χ0) is 14.8. The summed E-state index contributed by atoms with van der Waals surface area (Å²) in [4.78, 5) is 23.8. The van der Waals surface area contributed by atoms with Crippen molar-refractivity contribution in [2.75, 3.05) is 17.2 Å². The molecule has 6 nitrogen and oxygen atoms in total. The molecule has 0 spiro atoms. The molecule has 2 heterocycles. The molecule has 0 aromatic carbocycles. The Bertz CT molecular complexity index is 532. The molecule has 0 aliphatic carbocycles. The summed E-state index contributed by atoms with van der Waals surface area (Å²) in [5, 5.41) is 5.99. The second-order valence-corrected chi connectivity index (χ2v) is 4.59. The van der Waals surface area contributed by atoms with Crippen LogP contribution in [0.3, 0.4) is 0 Å². The number of unbranched alkanes of at least 4 members (excludes halogenated alkanes) is 2. The average Bonchev–Trinajstić information content (AvgIpc) is 2.53. The van der Waals surface area contributed by atoms with Gasteiger partial charge in [0.15, 0.2) is 0 Å². The first-order valence-corrected chi connectivity index (χ1v) is 7.05. The van der Waals surface area contributed by atoms with Gasteiger partial charge >= 0.3 is 0 Å². The van der Waals surface area contributed by atoms with Crippen molar-refractivity contribution in [3.8, 4) is 0 Å². The number of rotatable bonds is 8. The highest BCUT2D eigenvalue weighted by atomic mass is 16.1. The molecule has 0 aliphatic heterocycles. The number of hydrogen-bond donors (Lipinski definition) is 2. The second kappa shape index (κ2) is 8.63. The summed E-state index contributed by atoms with van der Waals surface area (Å²) in [5.41, 5.74) is 0.790. The first-order valence-electron chi connectivity index (χ1n) is 7.05. The highest BCUT2D eigenvalue weighted by molar-refractivity contribution is 5.90. The van der Waals surface area contributed by atoms with Crippen LogP contribution >= 0.6 is 0 Å². The lowest BCUT2D eigenvalue weighted by Gasteiger charge is -2.05. The van der Waals surface area contributed by atoms with Gasteiger partial charge in [0, 0.05) is 43.4 Å². The summed E-state index contributed by atoms with van der Waals surface area (Å²) in [6, 6.07) is 5.34. The Morgan fingerprint density at radius 2 is 1.76 bits per heavy atom. The van der Waals surface area contributed by atoms with Gasteiger partial charge < -0.3 is 10.6 Å². The number of carbonyl (C=O) groups is 1. The van der Waals surface area contributed by atoms with E-state index >= 15 is 0 Å². The Balaban J connectivity index is 1.52. The van der Waals surface area contributed by atoms with Gasteiger partial charge in [-0.05, 0) is 31.0 Å². The molecule has 0 fully saturated rings. The van der Waals surface area contributed by atoms with Crippen molar-refractivity contribution < 1.29 is 4.79 Å². The molecule has 110 valence electrons. The molecule has 0 saturated heterocycles. The van der Waals surface area contributed by atoms with Gasteiger partial charge in [-0.1, -0.05) is 6.42 Å². The third-order valence-electron chi connectivity index (χ3n) is 2.89. The molecule has 0 unspecified atom stereocenters. The predicted octanol–water partition coefficient (Wildman–Crippen LogP) is 2.48. The van der Waals surface area contributed by atoms with E-state index < -0.39 is 0 Å². The number of anilines is 2. The minimum atomic E-state index is 0.0422. The van der Waals surface area contributed by atoms with Gasteiger partial charge in [-0.15, -0.1) is 0 Å². The van der Waals surface area contributed by atoms with E-state index in [9.17, 15) is 4.79 Å². The van der Waals surface area contributed by atoms with Crippen LogP contribution in [0, 0.1) is 0 Å². The van der Waals surface area contributed by atoms with E-state index in [4.69, 9.17) is 0 Å². The van der Waals surface area contributed by atoms with Crippen LogP contribution < -0.4 is 10.6 Å². The van der Waals surface area contributed by atoms with Gasteiger partial charge in [0.1, 0.15) is 0 Å². The van der Waals surface area contributed by atoms with Crippen LogP contribution in [0.5, 0.6) is 0 Å². The van der Waals surface area contributed by atoms with Crippen LogP contribution in [0.2, 0.25) is 0 Å². The van der Waals surface area contributed by atoms with Gasteiger partial charge in [0.05, 0.1) is 0 Å². The van der Waals surface area contributed by atoms with E-state index in [1.165, 1.54) is 0 Å². The SMILES string of the molecule is O=C(CCCCCNc1ncccn1)Nc1ccncc1. The maximum Gasteiger partial charge on any atom is 0.224 e. The van der Waals surface area contributed by atoms with E-state index in [1.807, 2.05) is 0 Å². The fraction of sp³-hybridized carbons (Fsp3) is 0.333. The minimum absolute atomic E-state index is 0.0422. The number of carbonyl (C=O) groups excluding carboxylic acids is 1. The third-order valence-corrected chi connectivity index (χ3v) is 2.89. The molecule has 0 radical (unpaired) electrons. The van der Waals surface area contributed by atoms with Crippen LogP contribution in [0.1, 0.15) is 25.7 Å². The van der Waals surface area contributed by atoms with Crippen molar-refractivity contribution in [3.63, 3.8) is 0 Å². The maximum absolute atomic E-state index is 11.7. The van der Waals surface area contributed by atoms with Crippen molar-refractivity contribution in [1.82, 2.24) is 15.0 Å². The lowest BCUT2D eigenvalue weighted by Crippen LogP contribution is -2.11. The number of hydrogen-bond acceptors (Lipinski definition) is 5. The summed E-state index contributed by atoms with van der Waals surface area (Å²) >= 11 is 0. The van der Waals surface area contributed by atoms with Crippen molar-refractivity contribution in [1.29, 1.82) is 0 Å². The Labute approximate surface area is 124 Å². The molecule has 21 heavy (non-hydrogen) atoms. The normalized spacial score (nSPS) is 10.1.